The van der Waals surface area contributed by atoms with Gasteiger partial charge in [0.15, 0.2) is 0 Å². The highest BCUT2D eigenvalue weighted by molar-refractivity contribution is 5.54. The lowest BCUT2D eigenvalue weighted by Crippen LogP contribution is -1.98. The molecule has 0 amide bonds. The number of nitrogen functional groups attached to an aromatic ring is 1. The Bertz CT molecular complexity index is 332. The van der Waals surface area contributed by atoms with E-state index in [2.05, 4.69) is 26.0 Å². The van der Waals surface area contributed by atoms with Crippen molar-refractivity contribution in [3.8, 4) is 0 Å². The molecule has 84 valence electrons. The Morgan fingerprint density at radius 2 is 1.67 bits per heavy atom. The first-order valence-corrected chi connectivity index (χ1v) is 5.67. The van der Waals surface area contributed by atoms with Gasteiger partial charge in [0.2, 0.25) is 0 Å². The summed E-state index contributed by atoms with van der Waals surface area (Å²) in [5.41, 5.74) is 10.6. The molecule has 0 bridgehead atoms. The minimum Gasteiger partial charge on any atom is -0.398 e. The van der Waals surface area contributed by atoms with E-state index < -0.39 is 0 Å². The first kappa shape index (κ1) is 12.1. The summed E-state index contributed by atoms with van der Waals surface area (Å²) in [6.45, 7) is 9.79. The normalized spacial score (nSPS) is 13.4. The molecule has 0 aromatic heterocycles. The number of fused-ring (bicyclic) bond motifs is 1. The molecule has 1 aliphatic rings. The summed E-state index contributed by atoms with van der Waals surface area (Å²) in [4.78, 5) is 0. The van der Waals surface area contributed by atoms with Crippen molar-refractivity contribution in [2.75, 3.05) is 5.73 Å². The fourth-order valence-corrected chi connectivity index (χ4v) is 1.77. The molecule has 0 spiro atoms. The minimum absolute atomic E-state index is 0.492. The molecule has 0 atom stereocenters. The van der Waals surface area contributed by atoms with Gasteiger partial charge >= 0.3 is 0 Å². The van der Waals surface area contributed by atoms with Crippen molar-refractivity contribution >= 4 is 5.69 Å². The monoisotopic (exact) mass is 207 g/mol. The smallest absolute Gasteiger partial charge is 0.0725 e. The van der Waals surface area contributed by atoms with Crippen molar-refractivity contribution in [3.05, 3.63) is 28.8 Å². The maximum absolute atomic E-state index is 5.94. The summed E-state index contributed by atoms with van der Waals surface area (Å²) in [7, 11) is 0. The Morgan fingerprint density at radius 1 is 1.13 bits per heavy atom. The predicted molar refractivity (Wildman–Crippen MR) is 64.8 cm³/mol. The Morgan fingerprint density at radius 3 is 2.20 bits per heavy atom. The summed E-state index contributed by atoms with van der Waals surface area (Å²) >= 11 is 0. The van der Waals surface area contributed by atoms with E-state index in [1.165, 1.54) is 16.7 Å². The number of hydrogen-bond donors (Lipinski definition) is 1. The van der Waals surface area contributed by atoms with Crippen molar-refractivity contribution in [2.45, 2.75) is 46.8 Å². The standard InChI is InChI=1S/C11H15NO.C2H6/c1-7(2)10-3-8-5-13-6-9(8)4-11(10)12;1-2/h3-4,7H,5-6,12H2,1-2H3;1-2H3. The molecule has 2 nitrogen and oxygen atoms in total. The molecule has 0 aliphatic carbocycles. The van der Waals surface area contributed by atoms with Crippen LogP contribution in [0.1, 0.15) is 50.3 Å². The average molecular weight is 207 g/mol. The quantitative estimate of drug-likeness (QED) is 0.716. The van der Waals surface area contributed by atoms with E-state index >= 15 is 0 Å². The molecule has 0 radical (unpaired) electrons. The molecule has 1 aromatic carbocycles. The second-order valence-corrected chi connectivity index (χ2v) is 3.90. The highest BCUT2D eigenvalue weighted by atomic mass is 16.5. The summed E-state index contributed by atoms with van der Waals surface area (Å²) in [6.07, 6.45) is 0. The molecule has 15 heavy (non-hydrogen) atoms. The largest absolute Gasteiger partial charge is 0.398 e. The van der Waals surface area contributed by atoms with Gasteiger partial charge in [0, 0.05) is 5.69 Å². The first-order chi connectivity index (χ1) is 7.18. The number of rotatable bonds is 1. The number of nitrogens with two attached hydrogens (primary N) is 1. The van der Waals surface area contributed by atoms with Crippen LogP contribution < -0.4 is 5.73 Å². The Labute approximate surface area is 92.4 Å². The number of ether oxygens (including phenoxy) is 1. The van der Waals surface area contributed by atoms with Gasteiger partial charge in [-0.2, -0.15) is 0 Å². The summed E-state index contributed by atoms with van der Waals surface area (Å²) < 4.78 is 5.35. The zero-order valence-electron chi connectivity index (χ0n) is 10.1. The predicted octanol–water partition coefficient (Wildman–Crippen LogP) is 3.45. The van der Waals surface area contributed by atoms with Crippen LogP contribution in [0, 0.1) is 0 Å². The van der Waals surface area contributed by atoms with Crippen LogP contribution in [0.5, 0.6) is 0 Å². The summed E-state index contributed by atoms with van der Waals surface area (Å²) in [5, 5.41) is 0. The van der Waals surface area contributed by atoms with Crippen LogP contribution in [-0.4, -0.2) is 0 Å². The number of anilines is 1. The van der Waals surface area contributed by atoms with Gasteiger partial charge in [0.05, 0.1) is 13.2 Å². The second kappa shape index (κ2) is 5.17. The van der Waals surface area contributed by atoms with Crippen LogP contribution in [0.3, 0.4) is 0 Å². The lowest BCUT2D eigenvalue weighted by Gasteiger charge is -2.11. The Hall–Kier alpha value is -1.02. The highest BCUT2D eigenvalue weighted by Crippen LogP contribution is 2.29. The molecule has 1 aliphatic heterocycles. The molecule has 1 heterocycles. The van der Waals surface area contributed by atoms with E-state index in [4.69, 9.17) is 10.5 Å². The molecule has 2 heteroatoms. The van der Waals surface area contributed by atoms with Gasteiger partial charge in [-0.1, -0.05) is 33.8 Å². The Kier molecular flexibility index (Phi) is 4.15. The fourth-order valence-electron chi connectivity index (χ4n) is 1.77. The molecular weight excluding hydrogens is 186 g/mol. The van der Waals surface area contributed by atoms with Gasteiger partial charge in [-0.3, -0.25) is 0 Å². The van der Waals surface area contributed by atoms with E-state index in [0.717, 1.165) is 18.9 Å². The van der Waals surface area contributed by atoms with E-state index in [1.54, 1.807) is 0 Å². The third kappa shape index (κ3) is 2.51. The Balaban J connectivity index is 0.000000531. The van der Waals surface area contributed by atoms with Crippen LogP contribution >= 0.6 is 0 Å². The van der Waals surface area contributed by atoms with Crippen LogP contribution in [0.15, 0.2) is 12.1 Å². The third-order valence-corrected chi connectivity index (χ3v) is 2.54. The lowest BCUT2D eigenvalue weighted by molar-refractivity contribution is 0.134. The molecule has 0 fully saturated rings. The van der Waals surface area contributed by atoms with Crippen molar-refractivity contribution in [1.82, 2.24) is 0 Å². The first-order valence-electron chi connectivity index (χ1n) is 5.67. The number of benzene rings is 1. The molecule has 2 N–H and O–H groups in total. The molecule has 1 aromatic rings. The van der Waals surface area contributed by atoms with Crippen LogP contribution in [0.4, 0.5) is 5.69 Å². The van der Waals surface area contributed by atoms with Gasteiger partial charge in [0.25, 0.3) is 0 Å². The zero-order valence-corrected chi connectivity index (χ0v) is 10.1. The molecule has 0 saturated carbocycles. The van der Waals surface area contributed by atoms with Gasteiger partial charge in [-0.25, -0.2) is 0 Å². The average Bonchev–Trinajstić information content (AvgIpc) is 2.66. The van der Waals surface area contributed by atoms with Gasteiger partial charge < -0.3 is 10.5 Å². The third-order valence-electron chi connectivity index (χ3n) is 2.54. The van der Waals surface area contributed by atoms with Crippen LogP contribution in [0.25, 0.3) is 0 Å². The van der Waals surface area contributed by atoms with Crippen molar-refractivity contribution in [3.63, 3.8) is 0 Å². The van der Waals surface area contributed by atoms with E-state index in [0.29, 0.717) is 5.92 Å². The highest BCUT2D eigenvalue weighted by Gasteiger charge is 2.14. The molecular formula is C13H21NO. The van der Waals surface area contributed by atoms with E-state index in [1.807, 2.05) is 13.8 Å². The fraction of sp³-hybridized carbons (Fsp3) is 0.538. The summed E-state index contributed by atoms with van der Waals surface area (Å²) in [6, 6.07) is 4.24. The molecule has 0 saturated heterocycles. The summed E-state index contributed by atoms with van der Waals surface area (Å²) in [5.74, 6) is 0.492. The molecule has 2 rings (SSSR count). The maximum atomic E-state index is 5.94. The zero-order chi connectivity index (χ0) is 11.4. The lowest BCUT2D eigenvalue weighted by atomic mass is 9.96. The van der Waals surface area contributed by atoms with Gasteiger partial charge in [-0.15, -0.1) is 0 Å². The van der Waals surface area contributed by atoms with Crippen molar-refractivity contribution in [2.24, 2.45) is 0 Å². The molecule has 0 unspecified atom stereocenters. The number of hydrogen-bond acceptors (Lipinski definition) is 2. The van der Waals surface area contributed by atoms with Crippen molar-refractivity contribution in [1.29, 1.82) is 0 Å². The van der Waals surface area contributed by atoms with E-state index in [9.17, 15) is 0 Å². The van der Waals surface area contributed by atoms with Crippen molar-refractivity contribution < 1.29 is 4.74 Å². The van der Waals surface area contributed by atoms with Gasteiger partial charge in [0.1, 0.15) is 0 Å². The van der Waals surface area contributed by atoms with Gasteiger partial charge in [-0.05, 0) is 28.7 Å². The minimum atomic E-state index is 0.492. The van der Waals surface area contributed by atoms with Crippen LogP contribution in [0.2, 0.25) is 0 Å². The maximum Gasteiger partial charge on any atom is 0.0725 e. The topological polar surface area (TPSA) is 35.2 Å². The van der Waals surface area contributed by atoms with Crippen LogP contribution in [-0.2, 0) is 18.0 Å². The SMILES string of the molecule is CC.CC(C)c1cc2c(cc1N)COC2. The van der Waals surface area contributed by atoms with E-state index in [-0.39, 0.29) is 0 Å². The second-order valence-electron chi connectivity index (χ2n) is 3.90.